The van der Waals surface area contributed by atoms with Crippen molar-refractivity contribution >= 4 is 38.8 Å². The second kappa shape index (κ2) is 9.20. The van der Waals surface area contributed by atoms with Crippen LogP contribution in [0.25, 0.3) is 0 Å². The number of phenolic OH excluding ortho intramolecular Hbond substituents is 1. The maximum absolute atomic E-state index is 12.7. The van der Waals surface area contributed by atoms with Gasteiger partial charge in [0.15, 0.2) is 6.04 Å². The molecule has 31 heavy (non-hydrogen) atoms. The summed E-state index contributed by atoms with van der Waals surface area (Å²) in [5, 5.41) is 31.7. The second-order valence-corrected chi connectivity index (χ2v) is 7.74. The van der Waals surface area contributed by atoms with Gasteiger partial charge in [0.25, 0.3) is 10.8 Å². The Balaban J connectivity index is 0.00000341. The number of aryl methyl sites for hydroxylation is 1. The number of azo groups is 1. The van der Waals surface area contributed by atoms with E-state index in [-0.39, 0.29) is 63.6 Å². The van der Waals surface area contributed by atoms with Gasteiger partial charge < -0.3 is 9.66 Å². The molecule has 14 heteroatoms. The molecule has 0 fully saturated rings. The van der Waals surface area contributed by atoms with E-state index in [1.54, 1.807) is 0 Å². The van der Waals surface area contributed by atoms with Crippen molar-refractivity contribution in [2.75, 3.05) is 5.01 Å². The van der Waals surface area contributed by atoms with Gasteiger partial charge in [0, 0.05) is 11.6 Å². The predicted octanol–water partition coefficient (Wildman–Crippen LogP) is -0.717. The van der Waals surface area contributed by atoms with Crippen molar-refractivity contribution in [3.63, 3.8) is 0 Å². The van der Waals surface area contributed by atoms with E-state index in [1.807, 2.05) is 0 Å². The number of anilines is 1. The van der Waals surface area contributed by atoms with Gasteiger partial charge in [-0.25, -0.2) is 13.6 Å². The number of nitrogens with zero attached hydrogens (tertiary/aromatic N) is 5. The van der Waals surface area contributed by atoms with Crippen molar-refractivity contribution in [3.8, 4) is 5.75 Å². The van der Waals surface area contributed by atoms with E-state index >= 15 is 0 Å². The van der Waals surface area contributed by atoms with Crippen LogP contribution < -0.4 is 34.6 Å². The second-order valence-electron chi connectivity index (χ2n) is 6.36. The van der Waals surface area contributed by atoms with E-state index in [2.05, 4.69) is 15.3 Å². The number of carbonyl (C=O) groups is 1. The van der Waals surface area contributed by atoms with E-state index in [9.17, 15) is 27.8 Å². The number of hydrogen-bond acceptors (Lipinski definition) is 9. The Kier molecular flexibility index (Phi) is 7.28. The molecule has 2 N–H and O–H groups in total. The Bertz CT molecular complexity index is 1230. The summed E-state index contributed by atoms with van der Waals surface area (Å²) in [7, 11) is -4.72. The molecule has 1 aliphatic rings. The summed E-state index contributed by atoms with van der Waals surface area (Å²) in [6, 6.07) is 5.92. The van der Waals surface area contributed by atoms with Gasteiger partial charge >= 0.3 is 35.2 Å². The van der Waals surface area contributed by atoms with Gasteiger partial charge in [-0.1, -0.05) is 6.07 Å². The van der Waals surface area contributed by atoms with Crippen molar-refractivity contribution < 1.29 is 62.6 Å². The summed E-state index contributed by atoms with van der Waals surface area (Å²) in [6.07, 6.45) is 0. The van der Waals surface area contributed by atoms with Crippen LogP contribution in [0.1, 0.15) is 12.5 Å². The Labute approximate surface area is 198 Å². The molecule has 1 atom stereocenters. The molecule has 0 aliphatic carbocycles. The molecular weight excluding hydrogens is 441 g/mol. The summed E-state index contributed by atoms with van der Waals surface area (Å²) >= 11 is 0. The fourth-order valence-corrected chi connectivity index (χ4v) is 3.20. The fraction of sp³-hybridized carbons (Fsp3) is 0.176. The van der Waals surface area contributed by atoms with E-state index in [4.69, 9.17) is 5.21 Å². The third kappa shape index (κ3) is 5.14. The third-order valence-corrected chi connectivity index (χ3v) is 5.05. The van der Waals surface area contributed by atoms with Gasteiger partial charge in [0.05, 0.1) is 27.3 Å². The first-order valence-electron chi connectivity index (χ1n) is 8.34. The van der Waals surface area contributed by atoms with E-state index in [0.29, 0.717) is 0 Å². The van der Waals surface area contributed by atoms with Crippen molar-refractivity contribution in [2.24, 2.45) is 15.3 Å². The van der Waals surface area contributed by atoms with Gasteiger partial charge in [-0.3, -0.25) is 4.79 Å². The van der Waals surface area contributed by atoms with Crippen molar-refractivity contribution in [3.05, 3.63) is 46.9 Å². The Morgan fingerprint density at radius 1 is 1.23 bits per heavy atom. The van der Waals surface area contributed by atoms with Crippen molar-refractivity contribution in [2.45, 2.75) is 24.8 Å². The van der Waals surface area contributed by atoms with Gasteiger partial charge in [0.2, 0.25) is 0 Å². The number of carbonyl (C=O) groups excluding carboxylic acids is 1. The summed E-state index contributed by atoms with van der Waals surface area (Å²) in [5.41, 5.74) is 0.172. The fourth-order valence-electron chi connectivity index (χ4n) is 2.69. The van der Waals surface area contributed by atoms with E-state index in [1.165, 1.54) is 32.0 Å². The molecule has 0 saturated carbocycles. The van der Waals surface area contributed by atoms with Crippen molar-refractivity contribution in [1.82, 2.24) is 0 Å². The monoisotopic (exact) mass is 456 g/mol. The minimum Gasteiger partial charge on any atom is -0.744 e. The quantitative estimate of drug-likeness (QED) is 0.258. The molecular formula is C17H15N5NaO7S+. The van der Waals surface area contributed by atoms with Crippen LogP contribution in [0.3, 0.4) is 0 Å². The molecule has 2 aromatic carbocycles. The van der Waals surface area contributed by atoms with Gasteiger partial charge in [-0.15, -0.1) is 0 Å². The molecule has 0 radical (unpaired) electrons. The summed E-state index contributed by atoms with van der Waals surface area (Å²) in [4.78, 5) is 22.9. The molecule has 0 aromatic heterocycles. The smallest absolute Gasteiger partial charge is 0.744 e. The zero-order chi connectivity index (χ0) is 22.2. The average molecular weight is 456 g/mol. The number of phenols is 1. The zero-order valence-electron chi connectivity index (χ0n) is 16.6. The van der Waals surface area contributed by atoms with Gasteiger partial charge in [-0.05, 0) is 32.0 Å². The normalized spacial score (nSPS) is 16.4. The molecule has 2 aromatic rings. The van der Waals surface area contributed by atoms with Crippen molar-refractivity contribution in [1.29, 1.82) is 0 Å². The van der Waals surface area contributed by atoms with Crippen LogP contribution in [-0.4, -0.2) is 45.9 Å². The summed E-state index contributed by atoms with van der Waals surface area (Å²) in [5.74, 6) is -0.966. The van der Waals surface area contributed by atoms with Gasteiger partial charge in [0.1, 0.15) is 21.6 Å². The Morgan fingerprint density at radius 2 is 1.90 bits per heavy atom. The SMILES string of the molecule is CC1=NN(c2cccc(S(=O)(=O)[O-])c2)C(=O)C1N=Nc1cc([N+](=O)O)cc(C)c1O.[Na+]. The number of rotatable bonds is 5. The number of amides is 1. The molecule has 0 saturated heterocycles. The van der Waals surface area contributed by atoms with Crippen LogP contribution in [0.2, 0.25) is 0 Å². The maximum Gasteiger partial charge on any atom is 1.00 e. The molecule has 12 nitrogen and oxygen atoms in total. The minimum absolute atomic E-state index is 0. The molecule has 156 valence electrons. The predicted molar refractivity (Wildman–Crippen MR) is 101 cm³/mol. The van der Waals surface area contributed by atoms with Crippen LogP contribution in [0.15, 0.2) is 56.6 Å². The number of hydrogen-bond donors (Lipinski definition) is 2. The van der Waals surface area contributed by atoms with E-state index < -0.39 is 31.9 Å². The Morgan fingerprint density at radius 3 is 2.52 bits per heavy atom. The van der Waals surface area contributed by atoms with E-state index in [0.717, 1.165) is 23.2 Å². The first-order chi connectivity index (χ1) is 14.0. The first kappa shape index (κ1) is 24.6. The molecule has 0 bridgehead atoms. The number of benzene rings is 2. The van der Waals surface area contributed by atoms with Crippen LogP contribution >= 0.6 is 0 Å². The minimum atomic E-state index is -4.72. The largest absolute Gasteiger partial charge is 1.00 e. The number of aromatic hydroxyl groups is 1. The molecule has 0 spiro atoms. The molecule has 1 heterocycles. The molecule has 1 unspecified atom stereocenters. The Hall–Kier alpha value is -2.71. The number of hydrazone groups is 1. The third-order valence-electron chi connectivity index (χ3n) is 4.21. The zero-order valence-corrected chi connectivity index (χ0v) is 19.4. The summed E-state index contributed by atoms with van der Waals surface area (Å²) in [6.45, 7) is 2.97. The van der Waals surface area contributed by atoms with Gasteiger partial charge in [-0.2, -0.15) is 20.3 Å². The molecule has 1 aliphatic heterocycles. The van der Waals surface area contributed by atoms with Crippen LogP contribution in [-0.2, 0) is 14.9 Å². The van der Waals surface area contributed by atoms with Crippen LogP contribution in [0.4, 0.5) is 17.1 Å². The molecule has 3 rings (SSSR count). The standard InChI is InChI=1S/C17H15N5O7S.Na/c1-9-6-12(22(25)26)8-14(16(9)23)18-19-15-10(2)20-21(17(15)24)11-4-3-5-13(7-11)30(27,28)29;/h3-8,15H,1-2H3,(H2-,19,23,25,26,27,28,29);/q;+1. The topological polar surface area (TPSA) is 175 Å². The van der Waals surface area contributed by atoms with Crippen LogP contribution in [0.5, 0.6) is 5.75 Å². The summed E-state index contributed by atoms with van der Waals surface area (Å²) < 4.78 is 33.6. The first-order valence-corrected chi connectivity index (χ1v) is 9.75. The average Bonchev–Trinajstić information content (AvgIpc) is 2.96. The molecule has 1 amide bonds. The van der Waals surface area contributed by atoms with Crippen LogP contribution in [0, 0.1) is 11.8 Å². The maximum atomic E-state index is 12.7.